The Morgan fingerprint density at radius 2 is 2.00 bits per heavy atom. The first kappa shape index (κ1) is 18.9. The summed E-state index contributed by atoms with van der Waals surface area (Å²) in [5, 5.41) is 3.05. The molecule has 0 aliphatic rings. The molecule has 4 nitrogen and oxygen atoms in total. The molecule has 2 rings (SSSR count). The first-order valence-corrected chi connectivity index (χ1v) is 7.79. The van der Waals surface area contributed by atoms with E-state index in [1.54, 1.807) is 18.5 Å². The molecule has 1 N–H and O–H groups in total. The zero-order valence-electron chi connectivity index (χ0n) is 14.0. The van der Waals surface area contributed by atoms with E-state index in [2.05, 4.69) is 10.3 Å². The lowest BCUT2D eigenvalue weighted by atomic mass is 9.97. The predicted molar refractivity (Wildman–Crippen MR) is 87.5 cm³/mol. The summed E-state index contributed by atoms with van der Waals surface area (Å²) in [7, 11) is 0. The summed E-state index contributed by atoms with van der Waals surface area (Å²) in [5.74, 6) is -0.409. The summed E-state index contributed by atoms with van der Waals surface area (Å²) in [6.07, 6.45) is -1.26. The van der Waals surface area contributed by atoms with Gasteiger partial charge >= 0.3 is 12.1 Å². The van der Waals surface area contributed by atoms with Crippen LogP contribution in [0.3, 0.4) is 0 Å². The van der Waals surface area contributed by atoms with Gasteiger partial charge in [-0.2, -0.15) is 13.2 Å². The normalized spacial score (nSPS) is 11.4. The number of aromatic nitrogens is 1. The molecule has 0 unspecified atom stereocenters. The van der Waals surface area contributed by atoms with E-state index in [1.165, 1.54) is 13.0 Å². The fraction of sp³-hybridized carbons (Fsp3) is 0.333. The number of ether oxygens (including phenoxy) is 1. The van der Waals surface area contributed by atoms with Crippen LogP contribution < -0.4 is 5.32 Å². The number of rotatable bonds is 6. The molecule has 1 aromatic carbocycles. The zero-order chi connectivity index (χ0) is 18.4. The lowest BCUT2D eigenvalue weighted by Gasteiger charge is -2.15. The number of halogens is 3. The molecule has 0 radical (unpaired) electrons. The average Bonchev–Trinajstić information content (AvgIpc) is 2.57. The summed E-state index contributed by atoms with van der Waals surface area (Å²) in [5.41, 5.74) is 1.84. The van der Waals surface area contributed by atoms with E-state index < -0.39 is 17.7 Å². The Labute approximate surface area is 144 Å². The lowest BCUT2D eigenvalue weighted by Crippen LogP contribution is -2.14. The van der Waals surface area contributed by atoms with Crippen LogP contribution in [0.1, 0.15) is 30.5 Å². The molecule has 0 aliphatic heterocycles. The van der Waals surface area contributed by atoms with Gasteiger partial charge in [0.05, 0.1) is 5.56 Å². The second kappa shape index (κ2) is 8.11. The fourth-order valence-electron chi connectivity index (χ4n) is 2.36. The second-order valence-electron chi connectivity index (χ2n) is 5.51. The number of hydrogen-bond acceptors (Lipinski definition) is 4. The van der Waals surface area contributed by atoms with Gasteiger partial charge in [0, 0.05) is 37.0 Å². The maximum absolute atomic E-state index is 13.0. The van der Waals surface area contributed by atoms with Crippen LogP contribution in [0, 0.1) is 0 Å². The number of hydrogen-bond donors (Lipinski definition) is 1. The zero-order valence-corrected chi connectivity index (χ0v) is 14.0. The predicted octanol–water partition coefficient (Wildman–Crippen LogP) is 3.94. The van der Waals surface area contributed by atoms with Gasteiger partial charge in [0.25, 0.3) is 0 Å². The largest absolute Gasteiger partial charge is 0.461 e. The van der Waals surface area contributed by atoms with Gasteiger partial charge in [-0.05, 0) is 35.9 Å². The van der Waals surface area contributed by atoms with Gasteiger partial charge in [-0.1, -0.05) is 13.0 Å². The molecule has 0 spiro atoms. The highest BCUT2D eigenvalue weighted by Gasteiger charge is 2.31. The van der Waals surface area contributed by atoms with Gasteiger partial charge in [-0.25, -0.2) is 0 Å². The highest BCUT2D eigenvalue weighted by Crippen LogP contribution is 2.33. The van der Waals surface area contributed by atoms with Crippen LogP contribution >= 0.6 is 0 Å². The van der Waals surface area contributed by atoms with Crippen LogP contribution in [0.2, 0.25) is 0 Å². The van der Waals surface area contributed by atoms with Crippen molar-refractivity contribution in [3.8, 4) is 11.1 Å². The maximum atomic E-state index is 13.0. The molecule has 134 valence electrons. The van der Waals surface area contributed by atoms with Gasteiger partial charge in [-0.3, -0.25) is 9.78 Å². The Morgan fingerprint density at radius 1 is 1.24 bits per heavy atom. The standard InChI is InChI=1S/C18H19F3N2O2/c1-3-22-9-15-7-16(18(19,20)21)4-5-17(15)14-6-13(8-23-10-14)11-25-12(2)24/h4-8,10,22H,3,9,11H2,1-2H3. The molecule has 0 fully saturated rings. The molecule has 25 heavy (non-hydrogen) atoms. The third-order valence-corrected chi connectivity index (χ3v) is 3.55. The summed E-state index contributed by atoms with van der Waals surface area (Å²) in [4.78, 5) is 15.0. The first-order chi connectivity index (χ1) is 11.8. The summed E-state index contributed by atoms with van der Waals surface area (Å²) < 4.78 is 43.9. The number of pyridine rings is 1. The van der Waals surface area contributed by atoms with E-state index in [0.717, 1.165) is 12.1 Å². The Morgan fingerprint density at radius 3 is 2.64 bits per heavy atom. The van der Waals surface area contributed by atoms with E-state index in [1.807, 2.05) is 6.92 Å². The van der Waals surface area contributed by atoms with Crippen LogP contribution in [-0.4, -0.2) is 17.5 Å². The highest BCUT2D eigenvalue weighted by molar-refractivity contribution is 5.68. The van der Waals surface area contributed by atoms with E-state index in [0.29, 0.717) is 35.3 Å². The summed E-state index contributed by atoms with van der Waals surface area (Å²) >= 11 is 0. The number of carbonyl (C=O) groups excluding carboxylic acids is 1. The minimum absolute atomic E-state index is 0.0688. The van der Waals surface area contributed by atoms with Gasteiger partial charge < -0.3 is 10.1 Å². The Balaban J connectivity index is 2.39. The SMILES string of the molecule is CCNCc1cc(C(F)(F)F)ccc1-c1cncc(COC(C)=O)c1. The molecule has 0 saturated heterocycles. The molecule has 2 aromatic rings. The maximum Gasteiger partial charge on any atom is 0.416 e. The molecule has 0 bridgehead atoms. The van der Waals surface area contributed by atoms with Crippen LogP contribution in [0.4, 0.5) is 13.2 Å². The lowest BCUT2D eigenvalue weighted by molar-refractivity contribution is -0.142. The first-order valence-electron chi connectivity index (χ1n) is 7.79. The number of carbonyl (C=O) groups is 1. The van der Waals surface area contributed by atoms with Gasteiger partial charge in [0.1, 0.15) is 6.61 Å². The van der Waals surface area contributed by atoms with Crippen molar-refractivity contribution in [1.82, 2.24) is 10.3 Å². The number of esters is 1. The molecular formula is C18H19F3N2O2. The van der Waals surface area contributed by atoms with Crippen molar-refractivity contribution < 1.29 is 22.7 Å². The number of benzene rings is 1. The molecule has 1 aromatic heterocycles. The number of nitrogens with one attached hydrogen (secondary N) is 1. The van der Waals surface area contributed by atoms with E-state index in [-0.39, 0.29) is 6.61 Å². The number of alkyl halides is 3. The Bertz CT molecular complexity index is 745. The molecule has 0 amide bonds. The Hall–Kier alpha value is -2.41. The second-order valence-corrected chi connectivity index (χ2v) is 5.51. The van der Waals surface area contributed by atoms with Crippen molar-refractivity contribution in [2.75, 3.05) is 6.54 Å². The molecule has 1 heterocycles. The summed E-state index contributed by atoms with van der Waals surface area (Å²) in [6.45, 7) is 4.21. The topological polar surface area (TPSA) is 51.2 Å². The summed E-state index contributed by atoms with van der Waals surface area (Å²) in [6, 6.07) is 5.41. The molecule has 7 heteroatoms. The monoisotopic (exact) mass is 352 g/mol. The average molecular weight is 352 g/mol. The smallest absolute Gasteiger partial charge is 0.416 e. The van der Waals surface area contributed by atoms with Crippen LogP contribution in [-0.2, 0) is 28.9 Å². The van der Waals surface area contributed by atoms with E-state index >= 15 is 0 Å². The molecule has 0 aliphatic carbocycles. The minimum Gasteiger partial charge on any atom is -0.461 e. The van der Waals surface area contributed by atoms with Gasteiger partial charge in [0.15, 0.2) is 0 Å². The van der Waals surface area contributed by atoms with E-state index in [9.17, 15) is 18.0 Å². The fourth-order valence-corrected chi connectivity index (χ4v) is 2.36. The molecule has 0 atom stereocenters. The molecule has 0 saturated carbocycles. The van der Waals surface area contributed by atoms with Crippen molar-refractivity contribution >= 4 is 5.97 Å². The number of nitrogens with zero attached hydrogens (tertiary/aromatic N) is 1. The van der Waals surface area contributed by atoms with Crippen molar-refractivity contribution in [3.05, 3.63) is 53.3 Å². The van der Waals surface area contributed by atoms with Crippen LogP contribution in [0.25, 0.3) is 11.1 Å². The molecular weight excluding hydrogens is 333 g/mol. The van der Waals surface area contributed by atoms with Gasteiger partial charge in [-0.15, -0.1) is 0 Å². The van der Waals surface area contributed by atoms with Crippen molar-refractivity contribution in [1.29, 1.82) is 0 Å². The van der Waals surface area contributed by atoms with Crippen molar-refractivity contribution in [2.45, 2.75) is 33.2 Å². The van der Waals surface area contributed by atoms with Crippen LogP contribution in [0.15, 0.2) is 36.7 Å². The Kier molecular flexibility index (Phi) is 6.14. The minimum atomic E-state index is -4.39. The quantitative estimate of drug-likeness (QED) is 0.800. The third kappa shape index (κ3) is 5.29. The van der Waals surface area contributed by atoms with Crippen LogP contribution in [0.5, 0.6) is 0 Å². The van der Waals surface area contributed by atoms with E-state index in [4.69, 9.17) is 4.74 Å². The van der Waals surface area contributed by atoms with Gasteiger partial charge in [0.2, 0.25) is 0 Å². The van der Waals surface area contributed by atoms with Crippen molar-refractivity contribution in [2.24, 2.45) is 0 Å². The third-order valence-electron chi connectivity index (χ3n) is 3.55. The van der Waals surface area contributed by atoms with Crippen molar-refractivity contribution in [3.63, 3.8) is 0 Å². The highest BCUT2D eigenvalue weighted by atomic mass is 19.4.